The van der Waals surface area contributed by atoms with Crippen LogP contribution in [0.5, 0.6) is 5.75 Å². The molecule has 20 heavy (non-hydrogen) atoms. The van der Waals surface area contributed by atoms with Crippen LogP contribution >= 0.6 is 0 Å². The molecule has 0 spiro atoms. The molecule has 0 amide bonds. The number of hydrogen-bond acceptors (Lipinski definition) is 6. The lowest BCUT2D eigenvalue weighted by molar-refractivity contribution is 0.162. The van der Waals surface area contributed by atoms with Gasteiger partial charge in [0.25, 0.3) is 5.89 Å². The molecule has 1 unspecified atom stereocenters. The van der Waals surface area contributed by atoms with Gasteiger partial charge >= 0.3 is 0 Å². The predicted octanol–water partition coefficient (Wildman–Crippen LogP) is 1.72. The maximum atomic E-state index is 5.89. The van der Waals surface area contributed by atoms with E-state index in [1.54, 1.807) is 0 Å². The predicted molar refractivity (Wildman–Crippen MR) is 74.9 cm³/mol. The molecule has 3 rings (SSSR count). The lowest BCUT2D eigenvalue weighted by Crippen LogP contribution is -2.23. The van der Waals surface area contributed by atoms with Gasteiger partial charge in [-0.3, -0.25) is 0 Å². The number of fused-ring (bicyclic) bond motifs is 1. The van der Waals surface area contributed by atoms with E-state index in [1.165, 1.54) is 0 Å². The number of likely N-dealkylation sites (N-methyl/N-ethyl adjacent to an activating group) is 1. The third-order valence-corrected chi connectivity index (χ3v) is 3.18. The van der Waals surface area contributed by atoms with E-state index >= 15 is 0 Å². The van der Waals surface area contributed by atoms with Crippen LogP contribution in [0.2, 0.25) is 0 Å². The van der Waals surface area contributed by atoms with Crippen LogP contribution in [0.4, 0.5) is 5.69 Å². The lowest BCUT2D eigenvalue weighted by Gasteiger charge is -2.24. The summed E-state index contributed by atoms with van der Waals surface area (Å²) in [6.45, 7) is 1.53. The summed E-state index contributed by atoms with van der Waals surface area (Å²) in [5.41, 5.74) is 0.996. The molecule has 0 radical (unpaired) electrons. The molecule has 106 valence electrons. The number of nitrogens with zero attached hydrogens (tertiary/aromatic N) is 3. The van der Waals surface area contributed by atoms with Crippen molar-refractivity contribution in [2.24, 2.45) is 0 Å². The number of benzene rings is 1. The summed E-state index contributed by atoms with van der Waals surface area (Å²) in [5.74, 6) is 2.06. The molecule has 0 bridgehead atoms. The van der Waals surface area contributed by atoms with E-state index in [0.717, 1.165) is 30.2 Å². The Morgan fingerprint density at radius 2 is 2.20 bits per heavy atom. The Morgan fingerprint density at radius 1 is 1.35 bits per heavy atom. The standard InChI is InChI=1S/C14H18N4O2/c1-18(2)8-7-13-16-14(20-17-13)12-9-15-10-5-3-4-6-11(10)19-12/h3-6,12,15H,7-9H2,1-2H3. The Labute approximate surface area is 117 Å². The molecule has 6 nitrogen and oxygen atoms in total. The van der Waals surface area contributed by atoms with E-state index in [-0.39, 0.29) is 6.10 Å². The van der Waals surface area contributed by atoms with Crippen molar-refractivity contribution in [3.05, 3.63) is 36.0 Å². The van der Waals surface area contributed by atoms with Gasteiger partial charge in [-0.2, -0.15) is 4.98 Å². The number of anilines is 1. The highest BCUT2D eigenvalue weighted by Crippen LogP contribution is 2.33. The van der Waals surface area contributed by atoms with Gasteiger partial charge in [-0.05, 0) is 26.2 Å². The Morgan fingerprint density at radius 3 is 3.05 bits per heavy atom. The van der Waals surface area contributed by atoms with Crippen LogP contribution in [0.25, 0.3) is 0 Å². The first-order valence-corrected chi connectivity index (χ1v) is 6.69. The Hall–Kier alpha value is -2.08. The normalized spacial score (nSPS) is 17.4. The smallest absolute Gasteiger partial charge is 0.269 e. The second kappa shape index (κ2) is 5.50. The van der Waals surface area contributed by atoms with Crippen LogP contribution in [-0.4, -0.2) is 42.2 Å². The summed E-state index contributed by atoms with van der Waals surface area (Å²) >= 11 is 0. The number of rotatable bonds is 4. The van der Waals surface area contributed by atoms with Gasteiger partial charge in [0.1, 0.15) is 5.75 Å². The molecule has 6 heteroatoms. The van der Waals surface area contributed by atoms with Gasteiger partial charge in [0.15, 0.2) is 11.9 Å². The lowest BCUT2D eigenvalue weighted by atomic mass is 10.2. The Balaban J connectivity index is 1.69. The number of para-hydroxylation sites is 2. The average molecular weight is 274 g/mol. The molecule has 0 saturated carbocycles. The van der Waals surface area contributed by atoms with E-state index in [2.05, 4.69) is 20.4 Å². The number of hydrogen-bond donors (Lipinski definition) is 1. The van der Waals surface area contributed by atoms with E-state index in [9.17, 15) is 0 Å². The molecule has 1 N–H and O–H groups in total. The number of ether oxygens (including phenoxy) is 1. The van der Waals surface area contributed by atoms with Crippen molar-refractivity contribution in [1.82, 2.24) is 15.0 Å². The highest BCUT2D eigenvalue weighted by molar-refractivity contribution is 5.57. The minimum atomic E-state index is -0.231. The summed E-state index contributed by atoms with van der Waals surface area (Å²) in [6.07, 6.45) is 0.540. The maximum Gasteiger partial charge on any atom is 0.269 e. The molecule has 1 aliphatic heterocycles. The van der Waals surface area contributed by atoms with Crippen molar-refractivity contribution in [3.63, 3.8) is 0 Å². The summed E-state index contributed by atoms with van der Waals surface area (Å²) < 4.78 is 11.2. The van der Waals surface area contributed by atoms with Gasteiger partial charge in [-0.25, -0.2) is 0 Å². The average Bonchev–Trinajstić information content (AvgIpc) is 2.93. The zero-order chi connectivity index (χ0) is 13.9. The van der Waals surface area contributed by atoms with E-state index in [4.69, 9.17) is 9.26 Å². The Kier molecular flexibility index (Phi) is 3.56. The maximum absolute atomic E-state index is 5.89. The zero-order valence-corrected chi connectivity index (χ0v) is 11.7. The van der Waals surface area contributed by atoms with Crippen molar-refractivity contribution in [3.8, 4) is 5.75 Å². The second-order valence-electron chi connectivity index (χ2n) is 5.09. The van der Waals surface area contributed by atoms with Gasteiger partial charge < -0.3 is 19.5 Å². The van der Waals surface area contributed by atoms with E-state index in [1.807, 2.05) is 38.4 Å². The molecule has 2 aromatic rings. The topological polar surface area (TPSA) is 63.4 Å². The minimum absolute atomic E-state index is 0.231. The van der Waals surface area contributed by atoms with Gasteiger partial charge in [-0.15, -0.1) is 0 Å². The van der Waals surface area contributed by atoms with Gasteiger partial charge in [0.2, 0.25) is 0 Å². The Bertz CT molecular complexity index is 582. The van der Waals surface area contributed by atoms with Crippen LogP contribution in [0.1, 0.15) is 17.8 Å². The third-order valence-electron chi connectivity index (χ3n) is 3.18. The SMILES string of the molecule is CN(C)CCc1noc(C2CNc3ccccc3O2)n1. The first-order chi connectivity index (χ1) is 9.72. The number of nitrogens with one attached hydrogen (secondary N) is 1. The fourth-order valence-corrected chi connectivity index (χ4v) is 2.07. The summed E-state index contributed by atoms with van der Waals surface area (Å²) in [5, 5.41) is 7.31. The van der Waals surface area contributed by atoms with E-state index in [0.29, 0.717) is 12.4 Å². The van der Waals surface area contributed by atoms with Crippen molar-refractivity contribution < 1.29 is 9.26 Å². The summed E-state index contributed by atoms with van der Waals surface area (Å²) in [7, 11) is 4.04. The van der Waals surface area contributed by atoms with Crippen LogP contribution in [0, 0.1) is 0 Å². The molecule has 1 atom stereocenters. The van der Waals surface area contributed by atoms with Crippen molar-refractivity contribution >= 4 is 5.69 Å². The third kappa shape index (κ3) is 2.75. The van der Waals surface area contributed by atoms with Crippen LogP contribution in [0.3, 0.4) is 0 Å². The molecule has 0 fully saturated rings. The minimum Gasteiger partial charge on any atom is -0.477 e. The van der Waals surface area contributed by atoms with Crippen molar-refractivity contribution in [2.45, 2.75) is 12.5 Å². The van der Waals surface area contributed by atoms with Gasteiger partial charge in [0, 0.05) is 13.0 Å². The van der Waals surface area contributed by atoms with Gasteiger partial charge in [-0.1, -0.05) is 17.3 Å². The van der Waals surface area contributed by atoms with Crippen molar-refractivity contribution in [1.29, 1.82) is 0 Å². The summed E-state index contributed by atoms with van der Waals surface area (Å²) in [4.78, 5) is 6.50. The number of aromatic nitrogens is 2. The first-order valence-electron chi connectivity index (χ1n) is 6.69. The van der Waals surface area contributed by atoms with Gasteiger partial charge in [0.05, 0.1) is 12.2 Å². The van der Waals surface area contributed by atoms with Crippen molar-refractivity contribution in [2.75, 3.05) is 32.5 Å². The van der Waals surface area contributed by atoms with Crippen LogP contribution in [-0.2, 0) is 6.42 Å². The monoisotopic (exact) mass is 274 g/mol. The molecule has 1 aromatic carbocycles. The highest BCUT2D eigenvalue weighted by atomic mass is 16.5. The summed E-state index contributed by atoms with van der Waals surface area (Å²) in [6, 6.07) is 7.83. The molecule has 0 aliphatic carbocycles. The highest BCUT2D eigenvalue weighted by Gasteiger charge is 2.25. The zero-order valence-electron chi connectivity index (χ0n) is 11.7. The molecular formula is C14H18N4O2. The van der Waals surface area contributed by atoms with Crippen LogP contribution in [0.15, 0.2) is 28.8 Å². The fourth-order valence-electron chi connectivity index (χ4n) is 2.07. The molecule has 1 aromatic heterocycles. The molecule has 2 heterocycles. The molecular weight excluding hydrogens is 256 g/mol. The van der Waals surface area contributed by atoms with E-state index < -0.39 is 0 Å². The first kappa shape index (κ1) is 12.9. The molecule has 1 aliphatic rings. The fraction of sp³-hybridized carbons (Fsp3) is 0.429. The second-order valence-corrected chi connectivity index (χ2v) is 5.09. The quantitative estimate of drug-likeness (QED) is 0.916. The van der Waals surface area contributed by atoms with Crippen LogP contribution < -0.4 is 10.1 Å². The largest absolute Gasteiger partial charge is 0.477 e. The molecule has 0 saturated heterocycles.